The van der Waals surface area contributed by atoms with Crippen molar-refractivity contribution in [3.63, 3.8) is 0 Å². The van der Waals surface area contributed by atoms with Crippen LogP contribution in [0.3, 0.4) is 0 Å². The van der Waals surface area contributed by atoms with Crippen molar-refractivity contribution in [1.82, 2.24) is 0 Å². The van der Waals surface area contributed by atoms with Crippen molar-refractivity contribution >= 4 is 7.82 Å². The molecule has 0 aliphatic rings. The highest BCUT2D eigenvalue weighted by molar-refractivity contribution is 7.48. The largest absolute Gasteiger partial charge is 0.483 e. The molecule has 17 heavy (non-hydrogen) atoms. The van der Waals surface area contributed by atoms with Crippen LogP contribution in [0.2, 0.25) is 0 Å². The zero-order valence-corrected chi connectivity index (χ0v) is 11.6. The maximum Gasteiger partial charge on any atom is 0.483 e. The van der Waals surface area contributed by atoms with Crippen molar-refractivity contribution in [3.05, 3.63) is 0 Å². The fraction of sp³-hybridized carbons (Fsp3) is 1.00. The van der Waals surface area contributed by atoms with Gasteiger partial charge in [0.2, 0.25) is 17.6 Å². The van der Waals surface area contributed by atoms with E-state index in [0.29, 0.717) is 0 Å². The molecule has 0 aromatic heterocycles. The Bertz CT molecular complexity index is 253. The molecule has 104 valence electrons. The quantitative estimate of drug-likeness (QED) is 0.681. The molecule has 0 aliphatic heterocycles. The van der Waals surface area contributed by atoms with Crippen molar-refractivity contribution in [1.29, 1.82) is 0 Å². The van der Waals surface area contributed by atoms with E-state index in [1.54, 1.807) is 0 Å². The van der Waals surface area contributed by atoms with Crippen molar-refractivity contribution < 1.29 is 31.3 Å². The molecule has 0 fully saturated rings. The molecule has 0 spiro atoms. The molecule has 0 unspecified atom stereocenters. The zero-order chi connectivity index (χ0) is 14.1. The lowest BCUT2D eigenvalue weighted by Gasteiger charge is -2.29. The summed E-state index contributed by atoms with van der Waals surface area (Å²) in [6.45, 7) is 5.43. The number of hydrogen-bond acceptors (Lipinski definition) is 4. The normalized spacial score (nSPS) is 15.1. The van der Waals surface area contributed by atoms with Crippen molar-refractivity contribution in [3.8, 4) is 0 Å². The SMILES string of the molecule is CC(C)(F)OP(=O)(OC(C)(C)F)OC(C)(C)F. The number of hydrogen-bond donors (Lipinski definition) is 0. The third-order valence-corrected chi connectivity index (χ3v) is 2.96. The Kier molecular flexibility index (Phi) is 4.85. The minimum absolute atomic E-state index is 0.906. The summed E-state index contributed by atoms with van der Waals surface area (Å²) in [7, 11) is -4.71. The van der Waals surface area contributed by atoms with Gasteiger partial charge in [-0.2, -0.15) is 0 Å². The zero-order valence-electron chi connectivity index (χ0n) is 10.7. The molecule has 4 nitrogen and oxygen atoms in total. The summed E-state index contributed by atoms with van der Waals surface area (Å²) in [5, 5.41) is 0. The smallest absolute Gasteiger partial charge is 0.249 e. The van der Waals surface area contributed by atoms with E-state index in [1.165, 1.54) is 0 Å². The summed E-state index contributed by atoms with van der Waals surface area (Å²) in [5.74, 6) is -7.27. The Balaban J connectivity index is 5.03. The summed E-state index contributed by atoms with van der Waals surface area (Å²) >= 11 is 0. The summed E-state index contributed by atoms with van der Waals surface area (Å²) in [4.78, 5) is 0. The Morgan fingerprint density at radius 1 is 0.706 bits per heavy atom. The predicted octanol–water partition coefficient (Wildman–Crippen LogP) is 4.26. The first-order valence-electron chi connectivity index (χ1n) is 4.91. The monoisotopic (exact) mass is 278 g/mol. The van der Waals surface area contributed by atoms with Crippen LogP contribution in [0.25, 0.3) is 0 Å². The first-order chi connectivity index (χ1) is 7.12. The van der Waals surface area contributed by atoms with Gasteiger partial charge in [0.05, 0.1) is 0 Å². The molecule has 0 amide bonds. The van der Waals surface area contributed by atoms with Crippen LogP contribution in [0.15, 0.2) is 0 Å². The second-order valence-corrected chi connectivity index (χ2v) is 6.25. The molecule has 0 rings (SSSR count). The van der Waals surface area contributed by atoms with E-state index in [9.17, 15) is 17.7 Å². The van der Waals surface area contributed by atoms with E-state index >= 15 is 0 Å². The fourth-order valence-corrected chi connectivity index (χ4v) is 2.56. The van der Waals surface area contributed by atoms with Crippen LogP contribution < -0.4 is 0 Å². The number of rotatable bonds is 6. The molecule has 0 bridgehead atoms. The first kappa shape index (κ1) is 16.9. The summed E-state index contributed by atoms with van der Waals surface area (Å²) in [6, 6.07) is 0. The van der Waals surface area contributed by atoms with Gasteiger partial charge in [0, 0.05) is 0 Å². The Morgan fingerprint density at radius 2 is 0.882 bits per heavy atom. The van der Waals surface area contributed by atoms with E-state index < -0.39 is 25.4 Å². The molecule has 0 saturated carbocycles. The lowest BCUT2D eigenvalue weighted by molar-refractivity contribution is -0.137. The minimum atomic E-state index is -4.71. The van der Waals surface area contributed by atoms with E-state index in [1.807, 2.05) is 0 Å². The molecule has 0 aliphatic carbocycles. The number of halogens is 3. The van der Waals surface area contributed by atoms with E-state index in [0.717, 1.165) is 41.5 Å². The maximum atomic E-state index is 13.2. The second-order valence-electron chi connectivity index (χ2n) is 4.81. The van der Waals surface area contributed by atoms with Crippen LogP contribution in [-0.2, 0) is 18.1 Å². The van der Waals surface area contributed by atoms with Crippen LogP contribution in [0, 0.1) is 0 Å². The lowest BCUT2D eigenvalue weighted by Crippen LogP contribution is -2.26. The van der Waals surface area contributed by atoms with Gasteiger partial charge in [-0.1, -0.05) is 0 Å². The second kappa shape index (κ2) is 4.88. The highest BCUT2D eigenvalue weighted by atomic mass is 31.2. The predicted molar refractivity (Wildman–Crippen MR) is 56.4 cm³/mol. The Morgan fingerprint density at radius 3 is 1.00 bits per heavy atom. The Labute approximate surface area is 99.0 Å². The van der Waals surface area contributed by atoms with Crippen LogP contribution in [0.4, 0.5) is 13.2 Å². The summed E-state index contributed by atoms with van der Waals surface area (Å²) < 4.78 is 64.6. The van der Waals surface area contributed by atoms with Gasteiger partial charge >= 0.3 is 7.82 Å². The Hall–Kier alpha value is -0.100. The molecular weight excluding hydrogens is 260 g/mol. The van der Waals surface area contributed by atoms with Crippen LogP contribution in [-0.4, -0.2) is 17.6 Å². The summed E-state index contributed by atoms with van der Waals surface area (Å²) in [5.41, 5.74) is 0. The highest BCUT2D eigenvalue weighted by Gasteiger charge is 2.44. The van der Waals surface area contributed by atoms with Gasteiger partial charge in [-0.25, -0.2) is 31.3 Å². The summed E-state index contributed by atoms with van der Waals surface area (Å²) in [6.07, 6.45) is 0. The van der Waals surface area contributed by atoms with Crippen molar-refractivity contribution in [2.45, 2.75) is 59.1 Å². The number of phosphoric ester groups is 1. The first-order valence-corrected chi connectivity index (χ1v) is 6.37. The van der Waals surface area contributed by atoms with Gasteiger partial charge in [0.25, 0.3) is 0 Å². The standard InChI is InChI=1S/C9H18F3O4P/c1-7(2,10)14-17(13,15-8(3,4)11)16-9(5,6)12/h1-6H3. The van der Waals surface area contributed by atoms with E-state index in [-0.39, 0.29) is 0 Å². The van der Waals surface area contributed by atoms with Crippen LogP contribution >= 0.6 is 7.82 Å². The number of alkyl halides is 3. The number of phosphoric acid groups is 1. The van der Waals surface area contributed by atoms with Gasteiger partial charge in [0.1, 0.15) is 0 Å². The van der Waals surface area contributed by atoms with Gasteiger partial charge in [-0.05, 0) is 41.5 Å². The third kappa shape index (κ3) is 9.59. The third-order valence-electron chi connectivity index (χ3n) is 0.987. The fourth-order valence-electron chi connectivity index (χ4n) is 0.853. The molecular formula is C9H18F3O4P. The van der Waals surface area contributed by atoms with Gasteiger partial charge in [-0.3, -0.25) is 0 Å². The molecule has 0 aromatic rings. The van der Waals surface area contributed by atoms with Crippen molar-refractivity contribution in [2.75, 3.05) is 0 Å². The van der Waals surface area contributed by atoms with Gasteiger partial charge in [0.15, 0.2) is 0 Å². The lowest BCUT2D eigenvalue weighted by atomic mass is 10.4. The average molecular weight is 278 g/mol. The highest BCUT2D eigenvalue weighted by Crippen LogP contribution is 2.58. The van der Waals surface area contributed by atoms with E-state index in [4.69, 9.17) is 0 Å². The molecule has 0 radical (unpaired) electrons. The molecule has 0 N–H and O–H groups in total. The van der Waals surface area contributed by atoms with Gasteiger partial charge < -0.3 is 0 Å². The van der Waals surface area contributed by atoms with Crippen LogP contribution in [0.1, 0.15) is 41.5 Å². The topological polar surface area (TPSA) is 44.8 Å². The molecule has 8 heteroatoms. The van der Waals surface area contributed by atoms with E-state index in [2.05, 4.69) is 13.6 Å². The molecule has 0 aromatic carbocycles. The van der Waals surface area contributed by atoms with Crippen LogP contribution in [0.5, 0.6) is 0 Å². The molecule has 0 atom stereocenters. The minimum Gasteiger partial charge on any atom is -0.249 e. The van der Waals surface area contributed by atoms with Gasteiger partial charge in [-0.15, -0.1) is 0 Å². The van der Waals surface area contributed by atoms with Crippen molar-refractivity contribution in [2.24, 2.45) is 0 Å². The molecule has 0 heterocycles. The molecule has 0 saturated heterocycles. The average Bonchev–Trinajstić information content (AvgIpc) is 1.65. The maximum absolute atomic E-state index is 13.2.